The highest BCUT2D eigenvalue weighted by atomic mass is 19.4. The second-order valence-electron chi connectivity index (χ2n) is 8.78. The van der Waals surface area contributed by atoms with E-state index in [0.717, 1.165) is 6.07 Å². The van der Waals surface area contributed by atoms with Crippen LogP contribution in [0.4, 0.5) is 23.7 Å². The number of anilines is 1. The van der Waals surface area contributed by atoms with Crippen LogP contribution >= 0.6 is 0 Å². The van der Waals surface area contributed by atoms with E-state index in [9.17, 15) is 27.6 Å². The minimum Gasteiger partial charge on any atom is -0.480 e. The maximum Gasteiger partial charge on any atom is 0.417 e. The number of H-pyrrole nitrogens is 1. The summed E-state index contributed by atoms with van der Waals surface area (Å²) in [6.45, 7) is 3.22. The van der Waals surface area contributed by atoms with Gasteiger partial charge in [0.05, 0.1) is 24.2 Å². The zero-order valence-electron chi connectivity index (χ0n) is 18.8. The van der Waals surface area contributed by atoms with E-state index in [1.807, 2.05) is 0 Å². The van der Waals surface area contributed by atoms with Gasteiger partial charge in [-0.3, -0.25) is 19.8 Å². The molecule has 4 rings (SSSR count). The summed E-state index contributed by atoms with van der Waals surface area (Å²) in [6.07, 6.45) is -5.91. The van der Waals surface area contributed by atoms with Crippen molar-refractivity contribution in [3.8, 4) is 11.3 Å². The molecule has 0 radical (unpaired) electrons. The van der Waals surface area contributed by atoms with Crippen molar-refractivity contribution in [2.75, 3.05) is 18.0 Å². The lowest BCUT2D eigenvalue weighted by Crippen LogP contribution is -2.52. The fraction of sp³-hybridized carbons (Fsp3) is 0.292. The molecule has 11 heteroatoms. The van der Waals surface area contributed by atoms with Crippen LogP contribution in [-0.2, 0) is 15.7 Å². The van der Waals surface area contributed by atoms with Crippen LogP contribution in [0.25, 0.3) is 22.0 Å². The molecule has 1 saturated heterocycles. The summed E-state index contributed by atoms with van der Waals surface area (Å²) in [4.78, 5) is 40.1. The van der Waals surface area contributed by atoms with Gasteiger partial charge in [0, 0.05) is 22.3 Å². The van der Waals surface area contributed by atoms with Crippen molar-refractivity contribution in [3.05, 3.63) is 64.4 Å². The summed E-state index contributed by atoms with van der Waals surface area (Å²) in [6, 6.07) is 11.0. The number of hydrogen-bond acceptors (Lipinski definition) is 5. The lowest BCUT2D eigenvalue weighted by Gasteiger charge is -2.30. The molecule has 1 atom stereocenters. The number of rotatable bonds is 6. The lowest BCUT2D eigenvalue weighted by molar-refractivity contribution is -0.137. The number of benzene rings is 2. The number of carbonyl (C=O) groups is 2. The number of nitrogens with zero attached hydrogens (tertiary/aromatic N) is 1. The van der Waals surface area contributed by atoms with Crippen LogP contribution in [0.2, 0.25) is 0 Å². The van der Waals surface area contributed by atoms with Gasteiger partial charge in [0.1, 0.15) is 6.10 Å². The Balaban J connectivity index is 1.66. The molecule has 3 N–H and O–H groups in total. The van der Waals surface area contributed by atoms with Crippen LogP contribution in [0.15, 0.2) is 53.3 Å². The first kappa shape index (κ1) is 24.3. The fourth-order valence-corrected chi connectivity index (χ4v) is 3.99. The highest BCUT2D eigenvalue weighted by Crippen LogP contribution is 2.37. The van der Waals surface area contributed by atoms with Gasteiger partial charge in [-0.15, -0.1) is 0 Å². The Morgan fingerprint density at radius 1 is 1.17 bits per heavy atom. The number of ether oxygens (including phenoxy) is 1. The summed E-state index contributed by atoms with van der Waals surface area (Å²) in [5.41, 5.74) is -2.06. The monoisotopic (exact) mass is 489 g/mol. The van der Waals surface area contributed by atoms with Crippen LogP contribution in [0.1, 0.15) is 19.4 Å². The molecular weight excluding hydrogens is 467 g/mol. The molecule has 0 unspecified atom stereocenters. The molecule has 2 aromatic carbocycles. The zero-order chi connectivity index (χ0) is 25.5. The second kappa shape index (κ2) is 8.73. The van der Waals surface area contributed by atoms with Crippen molar-refractivity contribution in [1.29, 1.82) is 0 Å². The molecule has 3 aromatic rings. The number of halogens is 3. The Bertz CT molecular complexity index is 1370. The van der Waals surface area contributed by atoms with E-state index in [2.05, 4.69) is 10.3 Å². The number of fused-ring (bicyclic) bond motifs is 1. The largest absolute Gasteiger partial charge is 0.480 e. The number of alkyl halides is 3. The summed E-state index contributed by atoms with van der Waals surface area (Å²) in [7, 11) is 0. The molecule has 8 nitrogen and oxygen atoms in total. The van der Waals surface area contributed by atoms with Crippen molar-refractivity contribution >= 4 is 28.5 Å². The summed E-state index contributed by atoms with van der Waals surface area (Å²) < 4.78 is 45.7. The molecule has 1 aromatic heterocycles. The number of aromatic nitrogens is 1. The Labute approximate surface area is 197 Å². The van der Waals surface area contributed by atoms with Crippen LogP contribution in [-0.4, -0.2) is 46.9 Å². The molecule has 0 bridgehead atoms. The molecule has 2 heterocycles. The summed E-state index contributed by atoms with van der Waals surface area (Å²) >= 11 is 0. The van der Waals surface area contributed by atoms with E-state index in [1.165, 1.54) is 35.2 Å². The third-order valence-corrected chi connectivity index (χ3v) is 5.98. The van der Waals surface area contributed by atoms with Crippen molar-refractivity contribution in [1.82, 2.24) is 10.3 Å². The molecule has 1 amide bonds. The number of cyclic esters (lactones) is 1. The van der Waals surface area contributed by atoms with Crippen LogP contribution < -0.4 is 15.8 Å². The SMILES string of the molecule is CC(C)(NCC(=O)O)[C@@H]1CN(c2ccc3cc(-c4ccccc4C(F)(F)F)[nH]c(=O)c3c2)C(=O)O1. The van der Waals surface area contributed by atoms with Gasteiger partial charge >= 0.3 is 18.2 Å². The fourth-order valence-electron chi connectivity index (χ4n) is 3.99. The highest BCUT2D eigenvalue weighted by molar-refractivity contribution is 5.95. The number of nitrogens with one attached hydrogen (secondary N) is 2. The number of aromatic amines is 1. The minimum atomic E-state index is -4.59. The standard InChI is InChI=1S/C24H22F3N3O5/c1-23(2,28-11-20(31)32)19-12-30(22(34)35-19)14-8-7-13-9-18(29-21(33)16(13)10-14)15-5-3-4-6-17(15)24(25,26)27/h3-10,19,28H,11-12H2,1-2H3,(H,29,33)(H,31,32)/t19-/m0/s1. The average Bonchev–Trinajstić information content (AvgIpc) is 3.19. The molecule has 184 valence electrons. The van der Waals surface area contributed by atoms with Crippen molar-refractivity contribution < 1.29 is 32.6 Å². The maximum atomic E-state index is 13.4. The molecule has 1 aliphatic heterocycles. The third kappa shape index (κ3) is 4.85. The molecule has 0 saturated carbocycles. The Kier molecular flexibility index (Phi) is 6.05. The third-order valence-electron chi connectivity index (χ3n) is 5.98. The number of carbonyl (C=O) groups excluding carboxylic acids is 1. The Morgan fingerprint density at radius 2 is 1.89 bits per heavy atom. The van der Waals surface area contributed by atoms with E-state index >= 15 is 0 Å². The van der Waals surface area contributed by atoms with Gasteiger partial charge in [-0.1, -0.05) is 24.3 Å². The first-order chi connectivity index (χ1) is 16.4. The molecule has 0 aliphatic carbocycles. The van der Waals surface area contributed by atoms with E-state index in [1.54, 1.807) is 26.0 Å². The van der Waals surface area contributed by atoms with Crippen molar-refractivity contribution in [3.63, 3.8) is 0 Å². The van der Waals surface area contributed by atoms with E-state index in [0.29, 0.717) is 11.1 Å². The van der Waals surface area contributed by atoms with Gasteiger partial charge in [0.15, 0.2) is 0 Å². The van der Waals surface area contributed by atoms with Gasteiger partial charge < -0.3 is 14.8 Å². The molecule has 1 aliphatic rings. The quantitative estimate of drug-likeness (QED) is 0.483. The number of hydrogen-bond donors (Lipinski definition) is 3. The van der Waals surface area contributed by atoms with Crippen LogP contribution in [0.5, 0.6) is 0 Å². The van der Waals surface area contributed by atoms with E-state index < -0.39 is 41.0 Å². The van der Waals surface area contributed by atoms with Crippen molar-refractivity contribution in [2.45, 2.75) is 31.7 Å². The predicted octanol–water partition coefficient (Wildman–Crippen LogP) is 3.99. The van der Waals surface area contributed by atoms with Crippen molar-refractivity contribution in [2.24, 2.45) is 0 Å². The molecule has 0 spiro atoms. The van der Waals surface area contributed by atoms with E-state index in [4.69, 9.17) is 9.84 Å². The van der Waals surface area contributed by atoms with Gasteiger partial charge in [-0.25, -0.2) is 4.79 Å². The maximum absolute atomic E-state index is 13.4. The Hall–Kier alpha value is -3.86. The van der Waals surface area contributed by atoms with Gasteiger partial charge in [-0.2, -0.15) is 13.2 Å². The summed E-state index contributed by atoms with van der Waals surface area (Å²) in [5, 5.41) is 12.3. The normalized spacial score (nSPS) is 16.5. The highest BCUT2D eigenvalue weighted by Gasteiger charge is 2.42. The smallest absolute Gasteiger partial charge is 0.417 e. The average molecular weight is 489 g/mol. The first-order valence-electron chi connectivity index (χ1n) is 10.7. The number of pyridine rings is 1. The molecule has 35 heavy (non-hydrogen) atoms. The number of amides is 1. The summed E-state index contributed by atoms with van der Waals surface area (Å²) in [5.74, 6) is -1.05. The predicted molar refractivity (Wildman–Crippen MR) is 122 cm³/mol. The zero-order valence-corrected chi connectivity index (χ0v) is 18.8. The minimum absolute atomic E-state index is 0.0232. The van der Waals surface area contributed by atoms with Crippen LogP contribution in [0, 0.1) is 0 Å². The lowest BCUT2D eigenvalue weighted by atomic mass is 9.97. The number of carboxylic acid groups (broad SMARTS) is 1. The number of aliphatic carboxylic acids is 1. The van der Waals surface area contributed by atoms with Gasteiger partial charge in [0.25, 0.3) is 5.56 Å². The van der Waals surface area contributed by atoms with Gasteiger partial charge in [0.2, 0.25) is 0 Å². The van der Waals surface area contributed by atoms with Crippen LogP contribution in [0.3, 0.4) is 0 Å². The van der Waals surface area contributed by atoms with Gasteiger partial charge in [-0.05, 0) is 43.5 Å². The van der Waals surface area contributed by atoms with E-state index in [-0.39, 0.29) is 29.7 Å². The Morgan fingerprint density at radius 3 is 2.57 bits per heavy atom. The second-order valence-corrected chi connectivity index (χ2v) is 8.78. The molecule has 1 fully saturated rings. The topological polar surface area (TPSA) is 112 Å². The molecular formula is C24H22F3N3O5. The first-order valence-corrected chi connectivity index (χ1v) is 10.7. The number of carboxylic acids is 1.